The highest BCUT2D eigenvalue weighted by molar-refractivity contribution is 5.10. The van der Waals surface area contributed by atoms with Gasteiger partial charge in [0.2, 0.25) is 0 Å². The molecule has 2 heteroatoms. The van der Waals surface area contributed by atoms with Crippen LogP contribution in [-0.2, 0) is 0 Å². The van der Waals surface area contributed by atoms with E-state index in [1.165, 1.54) is 5.57 Å². The van der Waals surface area contributed by atoms with Crippen LogP contribution >= 0.6 is 0 Å². The lowest BCUT2D eigenvalue weighted by atomic mass is 9.92. The molecule has 0 aliphatic carbocycles. The fraction of sp³-hybridized carbons (Fsp3) is 0.778. The zero-order chi connectivity index (χ0) is 8.85. The van der Waals surface area contributed by atoms with E-state index in [1.807, 2.05) is 0 Å². The summed E-state index contributed by atoms with van der Waals surface area (Å²) in [5, 5.41) is 0. The van der Waals surface area contributed by atoms with Gasteiger partial charge in [0.05, 0.1) is 5.82 Å². The molecule has 0 bridgehead atoms. The van der Waals surface area contributed by atoms with Crippen LogP contribution < -0.4 is 11.5 Å². The van der Waals surface area contributed by atoms with Crippen molar-refractivity contribution in [1.82, 2.24) is 0 Å². The predicted molar refractivity (Wildman–Crippen MR) is 49.8 cm³/mol. The van der Waals surface area contributed by atoms with Crippen LogP contribution in [0.5, 0.6) is 0 Å². The molecule has 0 aromatic rings. The van der Waals surface area contributed by atoms with Gasteiger partial charge in [0.25, 0.3) is 0 Å². The van der Waals surface area contributed by atoms with Crippen LogP contribution in [0.4, 0.5) is 0 Å². The second kappa shape index (κ2) is 5.05. The number of nitrogens with two attached hydrogens (primary N) is 2. The lowest BCUT2D eigenvalue weighted by Gasteiger charge is -2.16. The van der Waals surface area contributed by atoms with Crippen molar-refractivity contribution in [1.29, 1.82) is 0 Å². The molecule has 0 aromatic heterocycles. The molecule has 0 radical (unpaired) electrons. The summed E-state index contributed by atoms with van der Waals surface area (Å²) in [6.45, 7) is 6.45. The molecule has 2 nitrogen and oxygen atoms in total. The lowest BCUT2D eigenvalue weighted by Crippen LogP contribution is -2.16. The standard InChI is InChI=1S/C9H20N2/c1-4-7(5-2)8(6-3)9(10)11/h7H,4-6,10-11H2,1-3H3. The summed E-state index contributed by atoms with van der Waals surface area (Å²) in [6, 6.07) is 0. The van der Waals surface area contributed by atoms with E-state index in [1.54, 1.807) is 0 Å². The summed E-state index contributed by atoms with van der Waals surface area (Å²) in [4.78, 5) is 0. The van der Waals surface area contributed by atoms with E-state index in [-0.39, 0.29) is 0 Å². The van der Waals surface area contributed by atoms with Crippen molar-refractivity contribution in [2.24, 2.45) is 17.4 Å². The van der Waals surface area contributed by atoms with Crippen LogP contribution in [0.25, 0.3) is 0 Å². The fourth-order valence-corrected chi connectivity index (χ4v) is 1.51. The van der Waals surface area contributed by atoms with Crippen LogP contribution in [0, 0.1) is 5.92 Å². The Balaban J connectivity index is 4.35. The monoisotopic (exact) mass is 156 g/mol. The molecule has 0 aliphatic heterocycles. The summed E-state index contributed by atoms with van der Waals surface area (Å²) in [5.74, 6) is 1.12. The first-order chi connectivity index (χ1) is 5.17. The molecular formula is C9H20N2. The van der Waals surface area contributed by atoms with Gasteiger partial charge in [-0.3, -0.25) is 0 Å². The average molecular weight is 156 g/mol. The minimum Gasteiger partial charge on any atom is -0.386 e. The first-order valence-electron chi connectivity index (χ1n) is 4.41. The van der Waals surface area contributed by atoms with Crippen molar-refractivity contribution in [3.8, 4) is 0 Å². The molecule has 0 unspecified atom stereocenters. The van der Waals surface area contributed by atoms with Crippen molar-refractivity contribution in [2.45, 2.75) is 40.0 Å². The van der Waals surface area contributed by atoms with Crippen LogP contribution in [0.3, 0.4) is 0 Å². The summed E-state index contributed by atoms with van der Waals surface area (Å²) in [7, 11) is 0. The molecule has 0 atom stereocenters. The largest absolute Gasteiger partial charge is 0.386 e. The molecule has 0 heterocycles. The third-order valence-corrected chi connectivity index (χ3v) is 2.23. The van der Waals surface area contributed by atoms with Crippen LogP contribution in [0.1, 0.15) is 40.0 Å². The van der Waals surface area contributed by atoms with E-state index in [0.717, 1.165) is 19.3 Å². The van der Waals surface area contributed by atoms with E-state index in [9.17, 15) is 0 Å². The first-order valence-corrected chi connectivity index (χ1v) is 4.41. The van der Waals surface area contributed by atoms with Crippen molar-refractivity contribution < 1.29 is 0 Å². The minimum absolute atomic E-state index is 0.529. The highest BCUT2D eigenvalue weighted by Crippen LogP contribution is 2.21. The molecular weight excluding hydrogens is 136 g/mol. The molecule has 0 aliphatic rings. The molecule has 11 heavy (non-hydrogen) atoms. The summed E-state index contributed by atoms with van der Waals surface area (Å²) in [6.07, 6.45) is 3.25. The average Bonchev–Trinajstić information content (AvgIpc) is 1.99. The number of allylic oxidation sites excluding steroid dienone is 1. The smallest absolute Gasteiger partial charge is 0.0928 e. The van der Waals surface area contributed by atoms with E-state index >= 15 is 0 Å². The lowest BCUT2D eigenvalue weighted by molar-refractivity contribution is 0.548. The number of hydrogen-bond acceptors (Lipinski definition) is 2. The SMILES string of the molecule is CCC(=C(N)N)C(CC)CC. The fourth-order valence-electron chi connectivity index (χ4n) is 1.51. The van der Waals surface area contributed by atoms with E-state index in [4.69, 9.17) is 11.5 Å². The summed E-state index contributed by atoms with van der Waals surface area (Å²) in [5.41, 5.74) is 12.3. The zero-order valence-electron chi connectivity index (χ0n) is 7.85. The van der Waals surface area contributed by atoms with Crippen LogP contribution in [0.2, 0.25) is 0 Å². The molecule has 0 spiro atoms. The maximum absolute atomic E-state index is 5.56. The molecule has 4 N–H and O–H groups in total. The Morgan fingerprint density at radius 1 is 1.09 bits per heavy atom. The van der Waals surface area contributed by atoms with Gasteiger partial charge in [0.15, 0.2) is 0 Å². The van der Waals surface area contributed by atoms with Crippen molar-refractivity contribution in [3.63, 3.8) is 0 Å². The summed E-state index contributed by atoms with van der Waals surface area (Å²) < 4.78 is 0. The molecule has 66 valence electrons. The molecule has 0 fully saturated rings. The van der Waals surface area contributed by atoms with E-state index < -0.39 is 0 Å². The number of rotatable bonds is 4. The first kappa shape index (κ1) is 10.3. The molecule has 0 saturated carbocycles. The van der Waals surface area contributed by atoms with Gasteiger partial charge in [-0.2, -0.15) is 0 Å². The zero-order valence-corrected chi connectivity index (χ0v) is 7.85. The maximum atomic E-state index is 5.56. The minimum atomic E-state index is 0.529. The Hall–Kier alpha value is -0.660. The third kappa shape index (κ3) is 2.83. The van der Waals surface area contributed by atoms with Gasteiger partial charge in [-0.15, -0.1) is 0 Å². The molecule has 0 rings (SSSR count). The predicted octanol–water partition coefficient (Wildman–Crippen LogP) is 1.96. The molecule has 0 saturated heterocycles. The Labute approximate surface area is 69.6 Å². The van der Waals surface area contributed by atoms with Gasteiger partial charge in [0.1, 0.15) is 0 Å². The highest BCUT2D eigenvalue weighted by Gasteiger charge is 2.10. The maximum Gasteiger partial charge on any atom is 0.0928 e. The second-order valence-corrected chi connectivity index (χ2v) is 2.85. The van der Waals surface area contributed by atoms with Gasteiger partial charge >= 0.3 is 0 Å². The van der Waals surface area contributed by atoms with E-state index in [0.29, 0.717) is 11.7 Å². The van der Waals surface area contributed by atoms with Gasteiger partial charge in [-0.1, -0.05) is 20.8 Å². The molecule has 0 aromatic carbocycles. The third-order valence-electron chi connectivity index (χ3n) is 2.23. The van der Waals surface area contributed by atoms with Crippen molar-refractivity contribution in [2.75, 3.05) is 0 Å². The Bertz CT molecular complexity index is 130. The van der Waals surface area contributed by atoms with Gasteiger partial charge in [0, 0.05) is 0 Å². The van der Waals surface area contributed by atoms with Gasteiger partial charge in [-0.25, -0.2) is 0 Å². The number of hydrogen-bond donors (Lipinski definition) is 2. The van der Waals surface area contributed by atoms with Gasteiger partial charge in [-0.05, 0) is 30.8 Å². The highest BCUT2D eigenvalue weighted by atomic mass is 14.8. The quantitative estimate of drug-likeness (QED) is 0.653. The van der Waals surface area contributed by atoms with Gasteiger partial charge < -0.3 is 11.5 Å². The summed E-state index contributed by atoms with van der Waals surface area (Å²) >= 11 is 0. The van der Waals surface area contributed by atoms with Crippen molar-refractivity contribution in [3.05, 3.63) is 11.4 Å². The van der Waals surface area contributed by atoms with Crippen LogP contribution in [0.15, 0.2) is 11.4 Å². The topological polar surface area (TPSA) is 52.0 Å². The van der Waals surface area contributed by atoms with Crippen molar-refractivity contribution >= 4 is 0 Å². The van der Waals surface area contributed by atoms with E-state index in [2.05, 4.69) is 20.8 Å². The van der Waals surface area contributed by atoms with Crippen LogP contribution in [-0.4, -0.2) is 0 Å². The molecule has 0 amide bonds. The second-order valence-electron chi connectivity index (χ2n) is 2.85. The Morgan fingerprint density at radius 2 is 1.55 bits per heavy atom. The normalized spacial score (nSPS) is 10.2. The Morgan fingerprint density at radius 3 is 1.64 bits per heavy atom. The Kier molecular flexibility index (Phi) is 4.75.